The molecule has 0 aliphatic carbocycles. The molecule has 3 rings (SSSR count). The van der Waals surface area contributed by atoms with Gasteiger partial charge in [-0.15, -0.1) is 0 Å². The summed E-state index contributed by atoms with van der Waals surface area (Å²) in [4.78, 5) is 12.4. The van der Waals surface area contributed by atoms with Crippen LogP contribution in [0.25, 0.3) is 11.3 Å². The summed E-state index contributed by atoms with van der Waals surface area (Å²) < 4.78 is 21.8. The van der Waals surface area contributed by atoms with E-state index in [0.29, 0.717) is 23.5 Å². The molecule has 5 N–H and O–H groups in total. The van der Waals surface area contributed by atoms with Gasteiger partial charge in [-0.3, -0.25) is 4.68 Å². The number of carbonyl (C=O) groups is 1. The van der Waals surface area contributed by atoms with Crippen molar-refractivity contribution in [2.75, 3.05) is 17.2 Å². The van der Waals surface area contributed by atoms with Gasteiger partial charge in [-0.05, 0) is 60.1 Å². The SMILES string of the molecule is Cn1ncc(Br)c1-c1cc(NC(=O)Nc2ccc(F)c(O)c2)ccc1OC(C)(C)CN. The second-order valence-corrected chi connectivity index (χ2v) is 8.34. The molecule has 1 heterocycles. The predicted molar refractivity (Wildman–Crippen MR) is 121 cm³/mol. The van der Waals surface area contributed by atoms with Crippen LogP contribution >= 0.6 is 15.9 Å². The normalized spacial score (nSPS) is 11.3. The topological polar surface area (TPSA) is 114 Å². The molecular weight excluding hydrogens is 469 g/mol. The number of aromatic hydroxyl groups is 1. The van der Waals surface area contributed by atoms with Crippen LogP contribution in [-0.2, 0) is 7.05 Å². The highest BCUT2D eigenvalue weighted by Gasteiger charge is 2.22. The lowest BCUT2D eigenvalue weighted by Crippen LogP contribution is -2.37. The van der Waals surface area contributed by atoms with Crippen LogP contribution in [0.3, 0.4) is 0 Å². The van der Waals surface area contributed by atoms with Crippen molar-refractivity contribution >= 4 is 33.3 Å². The number of halogens is 2. The number of nitrogens with zero attached hydrogens (tertiary/aromatic N) is 2. The number of benzene rings is 2. The molecule has 10 heteroatoms. The summed E-state index contributed by atoms with van der Waals surface area (Å²) in [7, 11) is 1.80. The van der Waals surface area contributed by atoms with Crippen LogP contribution in [-0.4, -0.2) is 33.1 Å². The summed E-state index contributed by atoms with van der Waals surface area (Å²) >= 11 is 3.50. The number of carbonyl (C=O) groups excluding carboxylic acids is 1. The summed E-state index contributed by atoms with van der Waals surface area (Å²) in [5.41, 5.74) is 7.41. The first-order valence-electron chi connectivity index (χ1n) is 9.37. The van der Waals surface area contributed by atoms with Crippen LogP contribution in [0.15, 0.2) is 47.1 Å². The highest BCUT2D eigenvalue weighted by Crippen LogP contribution is 2.38. The average Bonchev–Trinajstić information content (AvgIpc) is 3.04. The van der Waals surface area contributed by atoms with Gasteiger partial charge < -0.3 is 26.2 Å². The van der Waals surface area contributed by atoms with E-state index in [1.807, 2.05) is 13.8 Å². The number of aryl methyl sites for hydroxylation is 1. The maximum absolute atomic E-state index is 13.2. The second kappa shape index (κ2) is 8.94. The molecule has 2 aromatic carbocycles. The van der Waals surface area contributed by atoms with Gasteiger partial charge >= 0.3 is 6.03 Å². The molecule has 0 aliphatic heterocycles. The van der Waals surface area contributed by atoms with Crippen LogP contribution in [0.2, 0.25) is 0 Å². The number of phenols is 1. The Morgan fingerprint density at radius 2 is 1.90 bits per heavy atom. The Morgan fingerprint density at radius 1 is 1.26 bits per heavy atom. The van der Waals surface area contributed by atoms with E-state index in [1.54, 1.807) is 36.1 Å². The fourth-order valence-electron chi connectivity index (χ4n) is 2.82. The summed E-state index contributed by atoms with van der Waals surface area (Å²) in [5.74, 6) is -0.743. The van der Waals surface area contributed by atoms with E-state index in [1.165, 1.54) is 6.07 Å². The lowest BCUT2D eigenvalue weighted by molar-refractivity contribution is 0.119. The molecule has 8 nitrogen and oxygen atoms in total. The van der Waals surface area contributed by atoms with Crippen LogP contribution in [0.4, 0.5) is 20.6 Å². The van der Waals surface area contributed by atoms with Crippen LogP contribution < -0.4 is 21.1 Å². The minimum Gasteiger partial charge on any atom is -0.505 e. The van der Waals surface area contributed by atoms with E-state index >= 15 is 0 Å². The fraction of sp³-hybridized carbons (Fsp3) is 0.238. The molecule has 0 atom stereocenters. The summed E-state index contributed by atoms with van der Waals surface area (Å²) in [6.07, 6.45) is 1.67. The number of anilines is 2. The number of amides is 2. The molecule has 0 radical (unpaired) electrons. The molecule has 1 aromatic heterocycles. The third kappa shape index (κ3) is 5.33. The molecule has 2 amide bonds. The second-order valence-electron chi connectivity index (χ2n) is 7.49. The van der Waals surface area contributed by atoms with Gasteiger partial charge in [-0.25, -0.2) is 9.18 Å². The smallest absolute Gasteiger partial charge is 0.323 e. The molecule has 0 aliphatic rings. The number of ether oxygens (including phenoxy) is 1. The number of urea groups is 1. The van der Waals surface area contributed by atoms with Crippen molar-refractivity contribution in [3.05, 3.63) is 52.9 Å². The molecule has 0 saturated carbocycles. The highest BCUT2D eigenvalue weighted by atomic mass is 79.9. The number of nitrogens with two attached hydrogens (primary N) is 1. The molecular formula is C21H23BrFN5O3. The van der Waals surface area contributed by atoms with Crippen LogP contribution in [0.5, 0.6) is 11.5 Å². The molecule has 164 valence electrons. The Balaban J connectivity index is 1.90. The number of hydrogen-bond donors (Lipinski definition) is 4. The first-order chi connectivity index (χ1) is 14.6. The summed E-state index contributed by atoms with van der Waals surface area (Å²) in [6, 6.07) is 8.16. The van der Waals surface area contributed by atoms with E-state index in [0.717, 1.165) is 22.3 Å². The maximum Gasteiger partial charge on any atom is 0.323 e. The summed E-state index contributed by atoms with van der Waals surface area (Å²) in [6.45, 7) is 4.07. The van der Waals surface area contributed by atoms with E-state index in [9.17, 15) is 14.3 Å². The quantitative estimate of drug-likeness (QED) is 0.406. The molecule has 0 fully saturated rings. The number of nitrogens with one attached hydrogen (secondary N) is 2. The first kappa shape index (κ1) is 22.6. The van der Waals surface area contributed by atoms with E-state index < -0.39 is 23.2 Å². The molecule has 3 aromatic rings. The number of hydrogen-bond acceptors (Lipinski definition) is 5. The fourth-order valence-corrected chi connectivity index (χ4v) is 3.38. The van der Waals surface area contributed by atoms with E-state index in [4.69, 9.17) is 10.5 Å². The van der Waals surface area contributed by atoms with Crippen molar-refractivity contribution in [3.63, 3.8) is 0 Å². The third-order valence-electron chi connectivity index (χ3n) is 4.47. The molecule has 0 saturated heterocycles. The monoisotopic (exact) mass is 491 g/mol. The molecule has 0 spiro atoms. The van der Waals surface area contributed by atoms with Gasteiger partial charge in [-0.1, -0.05) is 0 Å². The minimum absolute atomic E-state index is 0.246. The van der Waals surface area contributed by atoms with Gasteiger partial charge in [0.25, 0.3) is 0 Å². The Kier molecular flexibility index (Phi) is 6.51. The Morgan fingerprint density at radius 3 is 2.48 bits per heavy atom. The lowest BCUT2D eigenvalue weighted by Gasteiger charge is -2.26. The van der Waals surface area contributed by atoms with Gasteiger partial charge in [0, 0.05) is 36.6 Å². The first-order valence-corrected chi connectivity index (χ1v) is 10.2. The zero-order valence-corrected chi connectivity index (χ0v) is 18.8. The lowest BCUT2D eigenvalue weighted by atomic mass is 10.1. The van der Waals surface area contributed by atoms with Gasteiger partial charge in [0.15, 0.2) is 11.6 Å². The third-order valence-corrected chi connectivity index (χ3v) is 5.05. The van der Waals surface area contributed by atoms with E-state index in [2.05, 4.69) is 31.7 Å². The van der Waals surface area contributed by atoms with Crippen LogP contribution in [0.1, 0.15) is 13.8 Å². The molecule has 0 bridgehead atoms. The largest absolute Gasteiger partial charge is 0.505 e. The zero-order valence-electron chi connectivity index (χ0n) is 17.2. The van der Waals surface area contributed by atoms with Gasteiger partial charge in [0.1, 0.15) is 11.4 Å². The number of aromatic nitrogens is 2. The highest BCUT2D eigenvalue weighted by molar-refractivity contribution is 9.10. The maximum atomic E-state index is 13.2. The number of phenolic OH excluding ortho intramolecular Hbond substituents is 1. The van der Waals surface area contributed by atoms with Crippen LogP contribution in [0, 0.1) is 5.82 Å². The van der Waals surface area contributed by atoms with Gasteiger partial charge in [-0.2, -0.15) is 5.10 Å². The zero-order chi connectivity index (χ0) is 22.8. The van der Waals surface area contributed by atoms with Crippen molar-refractivity contribution in [3.8, 4) is 22.8 Å². The number of rotatable bonds is 6. The van der Waals surface area contributed by atoms with Gasteiger partial charge in [0.2, 0.25) is 0 Å². The molecule has 31 heavy (non-hydrogen) atoms. The average molecular weight is 492 g/mol. The standard InChI is InChI=1S/C21H23BrFN5O3/c1-21(2,11-24)31-18-7-5-12(8-14(18)19-15(22)10-25-28(19)3)26-20(30)27-13-4-6-16(23)17(29)9-13/h4-10,29H,11,24H2,1-3H3,(H2,26,27,30). The van der Waals surface area contributed by atoms with E-state index in [-0.39, 0.29) is 5.69 Å². The predicted octanol–water partition coefficient (Wildman–Crippen LogP) is 4.45. The van der Waals surface area contributed by atoms with Crippen molar-refractivity contribution in [1.29, 1.82) is 0 Å². The Labute approximate surface area is 187 Å². The summed E-state index contributed by atoms with van der Waals surface area (Å²) in [5, 5.41) is 19.0. The van der Waals surface area contributed by atoms with Crippen molar-refractivity contribution in [2.45, 2.75) is 19.4 Å². The van der Waals surface area contributed by atoms with Crippen molar-refractivity contribution in [1.82, 2.24) is 9.78 Å². The molecule has 0 unspecified atom stereocenters. The van der Waals surface area contributed by atoms with Crippen molar-refractivity contribution < 1.29 is 19.0 Å². The van der Waals surface area contributed by atoms with Gasteiger partial charge in [0.05, 0.1) is 16.4 Å². The minimum atomic E-state index is -0.770. The Hall–Kier alpha value is -3.11. The Bertz CT molecular complexity index is 1100. The van der Waals surface area contributed by atoms with Crippen molar-refractivity contribution in [2.24, 2.45) is 12.8 Å².